The topological polar surface area (TPSA) is 15.3 Å². The minimum atomic E-state index is 0. The van der Waals surface area contributed by atoms with E-state index in [4.69, 9.17) is 0 Å². The Labute approximate surface area is 116 Å². The zero-order valence-electron chi connectivity index (χ0n) is 11.0. The fraction of sp³-hybridized carbons (Fsp3) is 0.600. The molecule has 1 aromatic carbocycles. The van der Waals surface area contributed by atoms with E-state index in [2.05, 4.69) is 28.4 Å². The molecular formula is C15H23ClN2. The summed E-state index contributed by atoms with van der Waals surface area (Å²) in [6, 6.07) is 7.14. The van der Waals surface area contributed by atoms with E-state index in [1.807, 2.05) is 0 Å². The van der Waals surface area contributed by atoms with Crippen LogP contribution in [0.1, 0.15) is 29.5 Å². The van der Waals surface area contributed by atoms with Crippen molar-refractivity contribution in [2.45, 2.75) is 32.2 Å². The average molecular weight is 267 g/mol. The van der Waals surface area contributed by atoms with Crippen molar-refractivity contribution >= 4 is 12.4 Å². The van der Waals surface area contributed by atoms with Crippen molar-refractivity contribution < 1.29 is 0 Å². The highest BCUT2D eigenvalue weighted by Crippen LogP contribution is 2.23. The minimum absolute atomic E-state index is 0. The molecule has 1 saturated heterocycles. The van der Waals surface area contributed by atoms with Crippen LogP contribution >= 0.6 is 12.4 Å². The molecule has 1 heterocycles. The van der Waals surface area contributed by atoms with Crippen LogP contribution in [-0.4, -0.2) is 31.1 Å². The first-order valence-corrected chi connectivity index (χ1v) is 6.95. The summed E-state index contributed by atoms with van der Waals surface area (Å²) in [5.74, 6) is 0. The van der Waals surface area contributed by atoms with E-state index in [0.29, 0.717) is 0 Å². The monoisotopic (exact) mass is 266 g/mol. The number of hydrogen-bond acceptors (Lipinski definition) is 2. The van der Waals surface area contributed by atoms with Gasteiger partial charge in [0.1, 0.15) is 0 Å². The van der Waals surface area contributed by atoms with Crippen molar-refractivity contribution in [2.75, 3.05) is 26.2 Å². The Morgan fingerprint density at radius 3 is 2.83 bits per heavy atom. The molecule has 3 rings (SSSR count). The highest BCUT2D eigenvalue weighted by Gasteiger charge is 2.13. The molecule has 0 spiro atoms. The number of halogens is 1. The Morgan fingerprint density at radius 2 is 1.89 bits per heavy atom. The lowest BCUT2D eigenvalue weighted by Crippen LogP contribution is -2.27. The van der Waals surface area contributed by atoms with E-state index in [0.717, 1.165) is 13.1 Å². The molecular weight excluding hydrogens is 244 g/mol. The minimum Gasteiger partial charge on any atom is -0.315 e. The van der Waals surface area contributed by atoms with Crippen LogP contribution in [0.4, 0.5) is 0 Å². The van der Waals surface area contributed by atoms with Crippen LogP contribution in [0.3, 0.4) is 0 Å². The smallest absolute Gasteiger partial charge is 0.0234 e. The lowest BCUT2D eigenvalue weighted by atomic mass is 10.1. The van der Waals surface area contributed by atoms with E-state index >= 15 is 0 Å². The van der Waals surface area contributed by atoms with E-state index in [1.54, 1.807) is 11.1 Å². The molecule has 1 fully saturated rings. The van der Waals surface area contributed by atoms with Gasteiger partial charge in [0.15, 0.2) is 0 Å². The molecule has 2 aliphatic rings. The van der Waals surface area contributed by atoms with Crippen molar-refractivity contribution in [3.63, 3.8) is 0 Å². The molecule has 1 aliphatic carbocycles. The first kappa shape index (κ1) is 13.9. The highest BCUT2D eigenvalue weighted by atomic mass is 35.5. The Morgan fingerprint density at radius 1 is 1.00 bits per heavy atom. The molecule has 0 atom stereocenters. The Kier molecular flexibility index (Phi) is 5.04. The molecule has 0 unspecified atom stereocenters. The lowest BCUT2D eigenvalue weighted by molar-refractivity contribution is 0.284. The summed E-state index contributed by atoms with van der Waals surface area (Å²) in [5, 5.41) is 3.46. The number of fused-ring (bicyclic) bond motifs is 1. The summed E-state index contributed by atoms with van der Waals surface area (Å²) in [4.78, 5) is 2.58. The van der Waals surface area contributed by atoms with Crippen LogP contribution in [0.25, 0.3) is 0 Å². The molecule has 1 aliphatic heterocycles. The fourth-order valence-corrected chi connectivity index (χ4v) is 3.04. The standard InChI is InChI=1S/C15H22N2.ClH/c1-3-14-6-5-13(11-15(14)4-1)12-17-9-2-7-16-8-10-17;/h5-6,11,16H,1-4,7-10,12H2;1H. The van der Waals surface area contributed by atoms with Gasteiger partial charge in [-0.05, 0) is 55.5 Å². The highest BCUT2D eigenvalue weighted by molar-refractivity contribution is 5.85. The second-order valence-electron chi connectivity index (χ2n) is 5.34. The van der Waals surface area contributed by atoms with E-state index in [-0.39, 0.29) is 12.4 Å². The predicted molar refractivity (Wildman–Crippen MR) is 78.5 cm³/mol. The van der Waals surface area contributed by atoms with Gasteiger partial charge in [-0.3, -0.25) is 4.90 Å². The Balaban J connectivity index is 0.00000120. The van der Waals surface area contributed by atoms with Gasteiger partial charge in [-0.15, -0.1) is 12.4 Å². The second kappa shape index (κ2) is 6.55. The number of benzene rings is 1. The van der Waals surface area contributed by atoms with Crippen LogP contribution in [0.15, 0.2) is 18.2 Å². The van der Waals surface area contributed by atoms with Crippen LogP contribution < -0.4 is 5.32 Å². The fourth-order valence-electron chi connectivity index (χ4n) is 3.04. The van der Waals surface area contributed by atoms with Crippen molar-refractivity contribution in [1.82, 2.24) is 10.2 Å². The molecule has 0 saturated carbocycles. The van der Waals surface area contributed by atoms with Gasteiger partial charge in [0.05, 0.1) is 0 Å². The van der Waals surface area contributed by atoms with Crippen LogP contribution in [0, 0.1) is 0 Å². The average Bonchev–Trinajstić information content (AvgIpc) is 2.65. The SMILES string of the molecule is Cl.c1cc2c(cc1CN1CCCNCC1)CCC2. The molecule has 0 radical (unpaired) electrons. The summed E-state index contributed by atoms with van der Waals surface area (Å²) >= 11 is 0. The van der Waals surface area contributed by atoms with Gasteiger partial charge in [0.25, 0.3) is 0 Å². The van der Waals surface area contributed by atoms with Gasteiger partial charge in [-0.25, -0.2) is 0 Å². The third kappa shape index (κ3) is 3.25. The quantitative estimate of drug-likeness (QED) is 0.884. The molecule has 2 nitrogen and oxygen atoms in total. The van der Waals surface area contributed by atoms with Gasteiger partial charge >= 0.3 is 0 Å². The van der Waals surface area contributed by atoms with Crippen molar-refractivity contribution in [2.24, 2.45) is 0 Å². The van der Waals surface area contributed by atoms with E-state index in [1.165, 1.54) is 50.9 Å². The van der Waals surface area contributed by atoms with Gasteiger partial charge in [0.2, 0.25) is 0 Å². The Hall–Kier alpha value is -0.570. The summed E-state index contributed by atoms with van der Waals surface area (Å²) < 4.78 is 0. The summed E-state index contributed by atoms with van der Waals surface area (Å²) in [6.45, 7) is 5.89. The van der Waals surface area contributed by atoms with Crippen LogP contribution in [0.2, 0.25) is 0 Å². The van der Waals surface area contributed by atoms with Crippen LogP contribution in [0.5, 0.6) is 0 Å². The maximum absolute atomic E-state index is 3.46. The number of aryl methyl sites for hydroxylation is 2. The zero-order valence-corrected chi connectivity index (χ0v) is 11.8. The maximum atomic E-state index is 3.46. The van der Waals surface area contributed by atoms with Gasteiger partial charge in [-0.2, -0.15) is 0 Å². The molecule has 100 valence electrons. The molecule has 0 aromatic heterocycles. The normalized spacial score (nSPS) is 20.0. The first-order valence-electron chi connectivity index (χ1n) is 6.95. The summed E-state index contributed by atoms with van der Waals surface area (Å²) in [5.41, 5.74) is 4.70. The van der Waals surface area contributed by atoms with E-state index < -0.39 is 0 Å². The van der Waals surface area contributed by atoms with Gasteiger partial charge in [0, 0.05) is 19.6 Å². The number of nitrogens with zero attached hydrogens (tertiary/aromatic N) is 1. The second-order valence-corrected chi connectivity index (χ2v) is 5.34. The van der Waals surface area contributed by atoms with Gasteiger partial charge in [-0.1, -0.05) is 18.2 Å². The number of nitrogens with one attached hydrogen (secondary N) is 1. The maximum Gasteiger partial charge on any atom is 0.0234 e. The largest absolute Gasteiger partial charge is 0.315 e. The molecule has 0 amide bonds. The first-order chi connectivity index (χ1) is 8.42. The molecule has 0 bridgehead atoms. The van der Waals surface area contributed by atoms with Crippen molar-refractivity contribution in [3.8, 4) is 0 Å². The molecule has 1 N–H and O–H groups in total. The predicted octanol–water partition coefficient (Wildman–Crippen LogP) is 2.39. The van der Waals surface area contributed by atoms with Crippen molar-refractivity contribution in [1.29, 1.82) is 0 Å². The molecule has 1 aromatic rings. The van der Waals surface area contributed by atoms with Crippen molar-refractivity contribution in [3.05, 3.63) is 34.9 Å². The van der Waals surface area contributed by atoms with Gasteiger partial charge < -0.3 is 5.32 Å². The lowest BCUT2D eigenvalue weighted by Gasteiger charge is -2.19. The summed E-state index contributed by atoms with van der Waals surface area (Å²) in [6.07, 6.45) is 5.23. The van der Waals surface area contributed by atoms with Crippen LogP contribution in [-0.2, 0) is 19.4 Å². The Bertz CT molecular complexity index is 384. The third-order valence-corrected chi connectivity index (χ3v) is 4.00. The van der Waals surface area contributed by atoms with E-state index in [9.17, 15) is 0 Å². The summed E-state index contributed by atoms with van der Waals surface area (Å²) in [7, 11) is 0. The number of hydrogen-bond donors (Lipinski definition) is 1. The number of rotatable bonds is 2. The molecule has 3 heteroatoms. The third-order valence-electron chi connectivity index (χ3n) is 4.00. The zero-order chi connectivity index (χ0) is 11.5. The molecule has 18 heavy (non-hydrogen) atoms.